The van der Waals surface area contributed by atoms with Crippen molar-refractivity contribution in [2.45, 2.75) is 50.9 Å². The highest BCUT2D eigenvalue weighted by Gasteiger charge is 2.30. The summed E-state index contributed by atoms with van der Waals surface area (Å²) in [7, 11) is -3.55. The highest BCUT2D eigenvalue weighted by Crippen LogP contribution is 2.28. The Hall–Kier alpha value is -2.78. The van der Waals surface area contributed by atoms with E-state index in [2.05, 4.69) is 64.3 Å². The summed E-state index contributed by atoms with van der Waals surface area (Å²) in [5.41, 5.74) is 4.85. The molecule has 33 heavy (non-hydrogen) atoms. The van der Waals surface area contributed by atoms with E-state index in [1.807, 2.05) is 6.92 Å². The minimum Gasteiger partial charge on any atom is -0.369 e. The van der Waals surface area contributed by atoms with Crippen molar-refractivity contribution < 1.29 is 8.42 Å². The molecule has 1 aliphatic heterocycles. The zero-order chi connectivity index (χ0) is 23.6. The molecule has 4 rings (SSSR count). The molecule has 8 nitrogen and oxygen atoms in total. The predicted octanol–water partition coefficient (Wildman–Crippen LogP) is 3.30. The Morgan fingerprint density at radius 3 is 2.27 bits per heavy atom. The Bertz CT molecular complexity index is 1200. The van der Waals surface area contributed by atoms with Gasteiger partial charge in [-0.15, -0.1) is 5.10 Å². The van der Waals surface area contributed by atoms with Crippen LogP contribution in [0.5, 0.6) is 0 Å². The number of hydrogen-bond acceptors (Lipinski definition) is 7. The van der Waals surface area contributed by atoms with E-state index in [9.17, 15) is 8.42 Å². The number of hydrogen-bond donors (Lipinski definition) is 0. The van der Waals surface area contributed by atoms with Gasteiger partial charge in [-0.2, -0.15) is 0 Å². The molecule has 0 aliphatic carbocycles. The molecule has 1 saturated heterocycles. The second-order valence-electron chi connectivity index (χ2n) is 8.83. The molecule has 1 aromatic heterocycles. The van der Waals surface area contributed by atoms with Crippen molar-refractivity contribution >= 4 is 15.5 Å². The topological polar surface area (TPSA) is 84.2 Å². The fourth-order valence-electron chi connectivity index (χ4n) is 4.46. The van der Waals surface area contributed by atoms with Crippen molar-refractivity contribution in [2.24, 2.45) is 0 Å². The first-order valence-electron chi connectivity index (χ1n) is 11.4. The van der Waals surface area contributed by atoms with Gasteiger partial charge in [0.25, 0.3) is 0 Å². The summed E-state index contributed by atoms with van der Waals surface area (Å²) in [5.74, 6) is 0.338. The lowest BCUT2D eigenvalue weighted by atomic mass is 10.1. The summed E-state index contributed by atoms with van der Waals surface area (Å²) in [5, 5.41) is 12.1. The van der Waals surface area contributed by atoms with Gasteiger partial charge in [0.2, 0.25) is 0 Å². The Balaban J connectivity index is 1.49. The molecule has 2 aromatic carbocycles. The molecule has 0 bridgehead atoms. The average Bonchev–Trinajstić information content (AvgIpc) is 3.24. The maximum Gasteiger partial charge on any atom is 0.198 e. The lowest BCUT2D eigenvalue weighted by molar-refractivity contribution is 0.170. The number of benzene rings is 2. The van der Waals surface area contributed by atoms with Crippen LogP contribution in [-0.2, 0) is 15.7 Å². The second kappa shape index (κ2) is 9.61. The van der Waals surface area contributed by atoms with E-state index in [-0.39, 0.29) is 16.8 Å². The smallest absolute Gasteiger partial charge is 0.198 e. The third-order valence-corrected chi connectivity index (χ3v) is 7.95. The van der Waals surface area contributed by atoms with E-state index in [1.165, 1.54) is 21.5 Å². The Morgan fingerprint density at radius 2 is 1.61 bits per heavy atom. The first-order valence-corrected chi connectivity index (χ1v) is 13.1. The van der Waals surface area contributed by atoms with Crippen LogP contribution in [0.25, 0.3) is 0 Å². The van der Waals surface area contributed by atoms with E-state index in [0.717, 1.165) is 38.2 Å². The lowest BCUT2D eigenvalue weighted by Gasteiger charge is -2.40. The predicted molar refractivity (Wildman–Crippen MR) is 129 cm³/mol. The van der Waals surface area contributed by atoms with E-state index in [4.69, 9.17) is 0 Å². The minimum absolute atomic E-state index is 0.0334. The molecular weight excluding hydrogens is 436 g/mol. The molecule has 0 radical (unpaired) electrons. The summed E-state index contributed by atoms with van der Waals surface area (Å²) in [6.45, 7) is 11.8. The van der Waals surface area contributed by atoms with E-state index in [1.54, 1.807) is 24.3 Å². The Kier molecular flexibility index (Phi) is 6.81. The molecule has 9 heteroatoms. The molecule has 0 amide bonds. The molecule has 0 saturated carbocycles. The van der Waals surface area contributed by atoms with Gasteiger partial charge in [-0.05, 0) is 66.9 Å². The van der Waals surface area contributed by atoms with Crippen LogP contribution in [-0.4, -0.2) is 59.7 Å². The molecule has 0 unspecified atom stereocenters. The van der Waals surface area contributed by atoms with Gasteiger partial charge in [0, 0.05) is 31.9 Å². The number of rotatable bonds is 7. The van der Waals surface area contributed by atoms with Gasteiger partial charge in [-0.3, -0.25) is 4.90 Å². The molecule has 1 fully saturated rings. The number of sulfone groups is 1. The van der Waals surface area contributed by atoms with Gasteiger partial charge in [0.15, 0.2) is 21.5 Å². The first-order chi connectivity index (χ1) is 15.8. The van der Waals surface area contributed by atoms with Crippen molar-refractivity contribution in [2.75, 3.05) is 31.1 Å². The number of nitrogens with zero attached hydrogens (tertiary/aromatic N) is 6. The van der Waals surface area contributed by atoms with Gasteiger partial charge in [-0.25, -0.2) is 13.1 Å². The molecular formula is C24H32N6O2S. The van der Waals surface area contributed by atoms with Crippen LogP contribution in [0, 0.1) is 20.8 Å². The monoisotopic (exact) mass is 468 g/mol. The maximum atomic E-state index is 13.0. The van der Waals surface area contributed by atoms with Crippen molar-refractivity contribution in [3.8, 4) is 0 Å². The SMILES string of the molecule is CC[C@H](c1nnnn1CS(=O)(=O)c1ccc(C)cc1)N1CCN(c2cc(C)ccc2C)CC1. The highest BCUT2D eigenvalue weighted by atomic mass is 32.2. The number of aromatic nitrogens is 4. The lowest BCUT2D eigenvalue weighted by Crippen LogP contribution is -2.48. The number of piperazine rings is 1. The van der Waals surface area contributed by atoms with Crippen LogP contribution in [0.4, 0.5) is 5.69 Å². The van der Waals surface area contributed by atoms with Gasteiger partial charge in [0.05, 0.1) is 10.9 Å². The fourth-order valence-corrected chi connectivity index (χ4v) is 5.67. The summed E-state index contributed by atoms with van der Waals surface area (Å²) in [6, 6.07) is 13.4. The molecule has 3 aromatic rings. The molecule has 2 heterocycles. The van der Waals surface area contributed by atoms with Crippen LogP contribution in [0.15, 0.2) is 47.4 Å². The third kappa shape index (κ3) is 5.09. The standard InChI is InChI=1S/C24H32N6O2S/c1-5-22(28-12-14-29(15-13-28)23-16-19(3)6-9-20(23)4)24-25-26-27-30(24)17-33(31,32)21-10-7-18(2)8-11-21/h6-11,16,22H,5,12-15,17H2,1-4H3/t22-/m1/s1. The Labute approximate surface area is 196 Å². The number of anilines is 1. The third-order valence-electron chi connectivity index (χ3n) is 6.38. The molecule has 0 spiro atoms. The summed E-state index contributed by atoms with van der Waals surface area (Å²) >= 11 is 0. The van der Waals surface area contributed by atoms with E-state index >= 15 is 0 Å². The molecule has 176 valence electrons. The van der Waals surface area contributed by atoms with Gasteiger partial charge in [-0.1, -0.05) is 36.8 Å². The fraction of sp³-hybridized carbons (Fsp3) is 0.458. The largest absolute Gasteiger partial charge is 0.369 e. The van der Waals surface area contributed by atoms with Gasteiger partial charge < -0.3 is 4.90 Å². The quantitative estimate of drug-likeness (QED) is 0.526. The Morgan fingerprint density at radius 1 is 0.939 bits per heavy atom. The van der Waals surface area contributed by atoms with E-state index in [0.29, 0.717) is 5.82 Å². The van der Waals surface area contributed by atoms with Crippen molar-refractivity contribution in [1.82, 2.24) is 25.1 Å². The summed E-state index contributed by atoms with van der Waals surface area (Å²) < 4.78 is 27.4. The van der Waals surface area contributed by atoms with Crippen LogP contribution >= 0.6 is 0 Å². The van der Waals surface area contributed by atoms with Crippen LogP contribution in [0.1, 0.15) is 41.9 Å². The van der Waals surface area contributed by atoms with Crippen LogP contribution < -0.4 is 4.90 Å². The number of tetrazole rings is 1. The van der Waals surface area contributed by atoms with Crippen molar-refractivity contribution in [3.63, 3.8) is 0 Å². The van der Waals surface area contributed by atoms with Crippen LogP contribution in [0.2, 0.25) is 0 Å². The normalized spacial score (nSPS) is 16.2. The summed E-state index contributed by atoms with van der Waals surface area (Å²) in [6.07, 6.45) is 0.800. The highest BCUT2D eigenvalue weighted by molar-refractivity contribution is 7.90. The zero-order valence-corrected chi connectivity index (χ0v) is 20.6. The van der Waals surface area contributed by atoms with Gasteiger partial charge in [0.1, 0.15) is 0 Å². The maximum absolute atomic E-state index is 13.0. The van der Waals surface area contributed by atoms with Gasteiger partial charge >= 0.3 is 0 Å². The minimum atomic E-state index is -3.55. The van der Waals surface area contributed by atoms with Crippen molar-refractivity contribution in [3.05, 3.63) is 65.0 Å². The van der Waals surface area contributed by atoms with Crippen molar-refractivity contribution in [1.29, 1.82) is 0 Å². The average molecular weight is 469 g/mol. The molecule has 0 N–H and O–H groups in total. The van der Waals surface area contributed by atoms with E-state index < -0.39 is 9.84 Å². The first kappa shape index (κ1) is 23.4. The van der Waals surface area contributed by atoms with Crippen LogP contribution in [0.3, 0.4) is 0 Å². The molecule has 1 atom stereocenters. The summed E-state index contributed by atoms with van der Waals surface area (Å²) in [4.78, 5) is 5.07. The zero-order valence-electron chi connectivity index (χ0n) is 19.8. The second-order valence-corrected chi connectivity index (χ2v) is 10.8. The molecule has 1 aliphatic rings. The number of aryl methyl sites for hydroxylation is 3.